The highest BCUT2D eigenvalue weighted by atomic mass is 32.2. The monoisotopic (exact) mass is 321 g/mol. The fourth-order valence-electron chi connectivity index (χ4n) is 1.53. The average Bonchev–Trinajstić information content (AvgIpc) is 2.71. The Hall–Kier alpha value is -1.45. The van der Waals surface area contributed by atoms with Crippen molar-refractivity contribution in [3.63, 3.8) is 0 Å². The maximum Gasteiger partial charge on any atom is 0.347 e. The molecule has 1 N–H and O–H groups in total. The zero-order valence-electron chi connectivity index (χ0n) is 11.2. The number of sulfonamides is 1. The molecule has 1 rings (SSSR count). The number of likely N-dealkylation sites (N-methyl/N-ethyl adjacent to an activating group) is 1. The molecule has 1 aromatic heterocycles. The van der Waals surface area contributed by atoms with Crippen LogP contribution in [0.5, 0.6) is 0 Å². The van der Waals surface area contributed by atoms with Gasteiger partial charge in [-0.2, -0.15) is 4.31 Å². The molecule has 1 heterocycles. The van der Waals surface area contributed by atoms with Gasteiger partial charge < -0.3 is 9.84 Å². The lowest BCUT2D eigenvalue weighted by Crippen LogP contribution is -2.34. The van der Waals surface area contributed by atoms with Crippen molar-refractivity contribution in [3.8, 4) is 0 Å². The second-order valence-electron chi connectivity index (χ2n) is 3.95. The Morgan fingerprint density at radius 1 is 1.45 bits per heavy atom. The van der Waals surface area contributed by atoms with E-state index < -0.39 is 28.5 Å². The molecule has 1 aromatic rings. The van der Waals surface area contributed by atoms with Crippen LogP contribution in [0.25, 0.3) is 0 Å². The summed E-state index contributed by atoms with van der Waals surface area (Å²) in [6, 6.07) is 0. The molecule has 0 atom stereocenters. The van der Waals surface area contributed by atoms with Gasteiger partial charge in [-0.3, -0.25) is 4.79 Å². The van der Waals surface area contributed by atoms with E-state index in [1.807, 2.05) is 0 Å². The number of carboxylic acids is 1. The summed E-state index contributed by atoms with van der Waals surface area (Å²) < 4.78 is 30.1. The zero-order chi connectivity index (χ0) is 15.5. The summed E-state index contributed by atoms with van der Waals surface area (Å²) in [7, 11) is -2.85. The van der Waals surface area contributed by atoms with E-state index in [9.17, 15) is 18.0 Å². The first-order chi connectivity index (χ1) is 9.21. The predicted octanol–water partition coefficient (Wildman–Crippen LogP) is 0.938. The minimum atomic E-state index is -4.05. The van der Waals surface area contributed by atoms with E-state index in [-0.39, 0.29) is 16.4 Å². The van der Waals surface area contributed by atoms with E-state index in [0.29, 0.717) is 5.56 Å². The van der Waals surface area contributed by atoms with Crippen LogP contribution in [-0.2, 0) is 19.6 Å². The second kappa shape index (κ2) is 6.33. The van der Waals surface area contributed by atoms with Crippen LogP contribution in [0.4, 0.5) is 0 Å². The molecule has 0 amide bonds. The van der Waals surface area contributed by atoms with Gasteiger partial charge in [0.25, 0.3) is 0 Å². The number of rotatable bonds is 6. The van der Waals surface area contributed by atoms with E-state index in [1.165, 1.54) is 19.4 Å². The van der Waals surface area contributed by atoms with Gasteiger partial charge in [0.1, 0.15) is 16.3 Å². The van der Waals surface area contributed by atoms with Crippen LogP contribution >= 0.6 is 11.3 Å². The van der Waals surface area contributed by atoms with E-state index in [1.54, 1.807) is 6.92 Å². The van der Waals surface area contributed by atoms with E-state index in [0.717, 1.165) is 15.6 Å². The number of hydrogen-bond donors (Lipinski definition) is 1. The SMILES string of the molecule is CCOC(=O)CN(C)S(=O)(=O)c1c(C)csc1C(=O)O. The molecular weight excluding hydrogens is 306 g/mol. The van der Waals surface area contributed by atoms with Crippen molar-refractivity contribution >= 4 is 33.3 Å². The molecule has 9 heteroatoms. The molecule has 0 unspecified atom stereocenters. The van der Waals surface area contributed by atoms with Crippen LogP contribution < -0.4 is 0 Å². The predicted molar refractivity (Wildman–Crippen MR) is 72.5 cm³/mol. The number of carbonyl (C=O) groups excluding carboxylic acids is 1. The molecule has 112 valence electrons. The summed E-state index contributed by atoms with van der Waals surface area (Å²) in [5, 5.41) is 10.5. The number of esters is 1. The summed E-state index contributed by atoms with van der Waals surface area (Å²) >= 11 is 0.836. The third kappa shape index (κ3) is 3.35. The van der Waals surface area contributed by atoms with Gasteiger partial charge in [0.15, 0.2) is 0 Å². The molecule has 0 aliphatic rings. The van der Waals surface area contributed by atoms with Gasteiger partial charge in [0.05, 0.1) is 6.61 Å². The standard InChI is InChI=1S/C11H15NO6S2/c1-4-18-8(13)5-12(3)20(16,17)10-7(2)6-19-9(10)11(14)15/h6H,4-5H2,1-3H3,(H,14,15). The Labute approximate surface area is 120 Å². The lowest BCUT2D eigenvalue weighted by atomic mass is 10.3. The number of ether oxygens (including phenoxy) is 1. The van der Waals surface area contributed by atoms with Gasteiger partial charge in [-0.15, -0.1) is 11.3 Å². The van der Waals surface area contributed by atoms with Gasteiger partial charge in [-0.05, 0) is 24.8 Å². The number of hydrogen-bond acceptors (Lipinski definition) is 6. The number of thiophene rings is 1. The largest absolute Gasteiger partial charge is 0.477 e. The average molecular weight is 321 g/mol. The molecule has 20 heavy (non-hydrogen) atoms. The minimum absolute atomic E-state index is 0.143. The minimum Gasteiger partial charge on any atom is -0.477 e. The van der Waals surface area contributed by atoms with Crippen molar-refractivity contribution in [1.82, 2.24) is 4.31 Å². The topological polar surface area (TPSA) is 101 Å². The Bertz CT molecular complexity index is 619. The third-order valence-corrected chi connectivity index (χ3v) is 5.64. The normalized spacial score (nSPS) is 11.6. The highest BCUT2D eigenvalue weighted by molar-refractivity contribution is 7.89. The van der Waals surface area contributed by atoms with Gasteiger partial charge in [0, 0.05) is 7.05 Å². The molecule has 0 saturated carbocycles. The quantitative estimate of drug-likeness (QED) is 0.783. The lowest BCUT2D eigenvalue weighted by molar-refractivity contribution is -0.143. The van der Waals surface area contributed by atoms with Gasteiger partial charge in [0.2, 0.25) is 10.0 Å². The highest BCUT2D eigenvalue weighted by Gasteiger charge is 2.31. The smallest absolute Gasteiger partial charge is 0.347 e. The fourth-order valence-corrected chi connectivity index (χ4v) is 4.22. The van der Waals surface area contributed by atoms with Crippen molar-refractivity contribution in [2.75, 3.05) is 20.2 Å². The molecular formula is C11H15NO6S2. The molecule has 0 radical (unpaired) electrons. The first-order valence-corrected chi connectivity index (χ1v) is 7.97. The number of nitrogens with zero attached hydrogens (tertiary/aromatic N) is 1. The Morgan fingerprint density at radius 2 is 2.05 bits per heavy atom. The molecule has 0 saturated heterocycles. The van der Waals surface area contributed by atoms with Crippen LogP contribution in [0.15, 0.2) is 10.3 Å². The molecule has 0 aliphatic heterocycles. The number of carbonyl (C=O) groups is 2. The summed E-state index contributed by atoms with van der Waals surface area (Å²) in [4.78, 5) is 21.9. The molecule has 0 bridgehead atoms. The van der Waals surface area contributed by atoms with E-state index in [4.69, 9.17) is 5.11 Å². The third-order valence-electron chi connectivity index (χ3n) is 2.44. The summed E-state index contributed by atoms with van der Waals surface area (Å²) in [5.74, 6) is -2.01. The van der Waals surface area contributed by atoms with Crippen molar-refractivity contribution in [3.05, 3.63) is 15.8 Å². The fraction of sp³-hybridized carbons (Fsp3) is 0.455. The number of aryl methyl sites for hydroxylation is 1. The van der Waals surface area contributed by atoms with Crippen LogP contribution in [0.3, 0.4) is 0 Å². The first-order valence-electron chi connectivity index (χ1n) is 5.65. The van der Waals surface area contributed by atoms with Crippen molar-refractivity contribution in [2.45, 2.75) is 18.7 Å². The van der Waals surface area contributed by atoms with Crippen LogP contribution in [0.1, 0.15) is 22.2 Å². The second-order valence-corrected chi connectivity index (χ2v) is 6.81. The lowest BCUT2D eigenvalue weighted by Gasteiger charge is -2.16. The van der Waals surface area contributed by atoms with Crippen molar-refractivity contribution < 1.29 is 27.9 Å². The molecule has 0 aromatic carbocycles. The summed E-state index contributed by atoms with van der Waals surface area (Å²) in [6.45, 7) is 2.79. The van der Waals surface area contributed by atoms with E-state index >= 15 is 0 Å². The molecule has 0 spiro atoms. The highest BCUT2D eigenvalue weighted by Crippen LogP contribution is 2.29. The number of carboxylic acid groups (broad SMARTS) is 1. The van der Waals surface area contributed by atoms with Crippen molar-refractivity contribution in [1.29, 1.82) is 0 Å². The van der Waals surface area contributed by atoms with E-state index in [2.05, 4.69) is 4.74 Å². The summed E-state index contributed by atoms with van der Waals surface area (Å²) in [6.07, 6.45) is 0. The van der Waals surface area contributed by atoms with Crippen molar-refractivity contribution in [2.24, 2.45) is 0 Å². The van der Waals surface area contributed by atoms with Gasteiger partial charge in [-0.25, -0.2) is 13.2 Å². The molecule has 7 nitrogen and oxygen atoms in total. The maximum absolute atomic E-state index is 12.3. The van der Waals surface area contributed by atoms with Crippen LogP contribution in [0, 0.1) is 6.92 Å². The number of aromatic carboxylic acids is 1. The molecule has 0 aliphatic carbocycles. The van der Waals surface area contributed by atoms with Crippen LogP contribution in [-0.4, -0.2) is 50.0 Å². The zero-order valence-corrected chi connectivity index (χ0v) is 12.9. The Balaban J connectivity index is 3.14. The van der Waals surface area contributed by atoms with Gasteiger partial charge in [-0.1, -0.05) is 0 Å². The van der Waals surface area contributed by atoms with Gasteiger partial charge >= 0.3 is 11.9 Å². The summed E-state index contributed by atoms with van der Waals surface area (Å²) in [5.41, 5.74) is 0.336. The Morgan fingerprint density at radius 3 is 2.55 bits per heavy atom. The maximum atomic E-state index is 12.3. The molecule has 0 fully saturated rings. The first kappa shape index (κ1) is 16.6. The van der Waals surface area contributed by atoms with Crippen LogP contribution in [0.2, 0.25) is 0 Å². The Kier molecular flexibility index (Phi) is 5.26.